The lowest BCUT2D eigenvalue weighted by Gasteiger charge is -2.15. The Labute approximate surface area is 102 Å². The average molecular weight is 236 g/mol. The van der Waals surface area contributed by atoms with Crippen molar-refractivity contribution in [2.45, 2.75) is 32.5 Å². The van der Waals surface area contributed by atoms with Gasteiger partial charge in [0, 0.05) is 6.42 Å². The van der Waals surface area contributed by atoms with Crippen LogP contribution in [-0.2, 0) is 11.3 Å². The molecule has 1 unspecified atom stereocenters. The molecule has 0 fully saturated rings. The maximum Gasteiger partial charge on any atom is 0.118 e. The predicted octanol–water partition coefficient (Wildman–Crippen LogP) is 2.32. The fraction of sp³-hybridized carbons (Fsp3) is 0.462. The van der Waals surface area contributed by atoms with Gasteiger partial charge >= 0.3 is 0 Å². The van der Waals surface area contributed by atoms with Crippen molar-refractivity contribution in [1.29, 1.82) is 5.41 Å². The van der Waals surface area contributed by atoms with Crippen LogP contribution >= 0.6 is 0 Å². The van der Waals surface area contributed by atoms with Gasteiger partial charge in [0.2, 0.25) is 0 Å². The Morgan fingerprint density at radius 1 is 1.35 bits per heavy atom. The van der Waals surface area contributed by atoms with Gasteiger partial charge in [-0.05, 0) is 24.1 Å². The Balaban J connectivity index is 2.44. The minimum atomic E-state index is 0.0228. The molecule has 1 aromatic rings. The van der Waals surface area contributed by atoms with Crippen molar-refractivity contribution in [2.75, 3.05) is 7.11 Å². The van der Waals surface area contributed by atoms with E-state index in [4.69, 9.17) is 20.6 Å². The molecule has 0 saturated heterocycles. The Kier molecular flexibility index (Phi) is 5.49. The number of nitrogens with two attached hydrogens (primary N) is 1. The first-order valence-corrected chi connectivity index (χ1v) is 5.73. The molecule has 0 aromatic heterocycles. The molecule has 3 N–H and O–H groups in total. The minimum Gasteiger partial charge on any atom is -0.497 e. The summed E-state index contributed by atoms with van der Waals surface area (Å²) in [5.41, 5.74) is 6.45. The zero-order valence-electron chi connectivity index (χ0n) is 10.4. The normalized spacial score (nSPS) is 12.1. The van der Waals surface area contributed by atoms with Gasteiger partial charge in [-0.15, -0.1) is 0 Å². The van der Waals surface area contributed by atoms with Crippen molar-refractivity contribution < 1.29 is 9.47 Å². The molecule has 94 valence electrons. The summed E-state index contributed by atoms with van der Waals surface area (Å²) in [6.07, 6.45) is 1.37. The van der Waals surface area contributed by atoms with E-state index in [1.54, 1.807) is 7.11 Å². The van der Waals surface area contributed by atoms with Gasteiger partial charge in [0.15, 0.2) is 0 Å². The summed E-state index contributed by atoms with van der Waals surface area (Å²) >= 11 is 0. The molecule has 1 atom stereocenters. The second-order valence-corrected chi connectivity index (χ2v) is 3.92. The van der Waals surface area contributed by atoms with Crippen molar-refractivity contribution >= 4 is 5.84 Å². The Bertz CT molecular complexity index is 349. The third kappa shape index (κ3) is 4.87. The summed E-state index contributed by atoms with van der Waals surface area (Å²) in [5, 5.41) is 7.25. The average Bonchev–Trinajstić information content (AvgIpc) is 2.34. The third-order valence-corrected chi connectivity index (χ3v) is 2.55. The predicted molar refractivity (Wildman–Crippen MR) is 68.4 cm³/mol. The third-order valence-electron chi connectivity index (χ3n) is 2.55. The molecule has 1 rings (SSSR count). The molecule has 0 amide bonds. The van der Waals surface area contributed by atoms with Gasteiger partial charge in [-0.1, -0.05) is 19.1 Å². The zero-order valence-corrected chi connectivity index (χ0v) is 10.4. The fourth-order valence-corrected chi connectivity index (χ4v) is 1.50. The number of nitrogens with one attached hydrogen (secondary N) is 1. The van der Waals surface area contributed by atoms with E-state index in [1.807, 2.05) is 31.2 Å². The highest BCUT2D eigenvalue weighted by atomic mass is 16.5. The second kappa shape index (κ2) is 6.91. The lowest BCUT2D eigenvalue weighted by molar-refractivity contribution is 0.0428. The van der Waals surface area contributed by atoms with E-state index in [-0.39, 0.29) is 11.9 Å². The summed E-state index contributed by atoms with van der Waals surface area (Å²) in [6.45, 7) is 2.57. The van der Waals surface area contributed by atoms with Crippen LogP contribution in [-0.4, -0.2) is 19.0 Å². The molecule has 17 heavy (non-hydrogen) atoms. The highest BCUT2D eigenvalue weighted by Gasteiger charge is 2.08. The van der Waals surface area contributed by atoms with Gasteiger partial charge in [-0.25, -0.2) is 0 Å². The molecule has 0 aliphatic carbocycles. The summed E-state index contributed by atoms with van der Waals surface area (Å²) in [4.78, 5) is 0. The van der Waals surface area contributed by atoms with Gasteiger partial charge in [-0.2, -0.15) is 0 Å². The molecule has 4 nitrogen and oxygen atoms in total. The van der Waals surface area contributed by atoms with Crippen LogP contribution in [0.5, 0.6) is 5.75 Å². The summed E-state index contributed by atoms with van der Waals surface area (Å²) in [6, 6.07) is 7.76. The lowest BCUT2D eigenvalue weighted by atomic mass is 10.2. The highest BCUT2D eigenvalue weighted by Crippen LogP contribution is 2.13. The molecular formula is C13H20N2O2. The van der Waals surface area contributed by atoms with Crippen molar-refractivity contribution in [3.8, 4) is 5.75 Å². The highest BCUT2D eigenvalue weighted by molar-refractivity contribution is 5.77. The molecule has 0 bridgehead atoms. The maximum absolute atomic E-state index is 7.25. The van der Waals surface area contributed by atoms with Gasteiger partial charge < -0.3 is 15.2 Å². The number of benzene rings is 1. The fourth-order valence-electron chi connectivity index (χ4n) is 1.50. The number of hydrogen-bond donors (Lipinski definition) is 2. The molecule has 0 radical (unpaired) electrons. The number of amidine groups is 1. The van der Waals surface area contributed by atoms with Gasteiger partial charge in [0.25, 0.3) is 0 Å². The molecule has 0 heterocycles. The van der Waals surface area contributed by atoms with E-state index in [0.717, 1.165) is 17.7 Å². The Morgan fingerprint density at radius 3 is 2.47 bits per heavy atom. The van der Waals surface area contributed by atoms with Gasteiger partial charge in [-0.3, -0.25) is 5.41 Å². The Hall–Kier alpha value is -1.55. The quantitative estimate of drug-likeness (QED) is 0.564. The van der Waals surface area contributed by atoms with E-state index in [9.17, 15) is 0 Å². The second-order valence-electron chi connectivity index (χ2n) is 3.92. The molecule has 0 aliphatic rings. The molecule has 0 saturated carbocycles. The Morgan fingerprint density at radius 2 is 2.00 bits per heavy atom. The maximum atomic E-state index is 7.25. The van der Waals surface area contributed by atoms with Crippen LogP contribution in [0.15, 0.2) is 24.3 Å². The number of methoxy groups -OCH3 is 1. The van der Waals surface area contributed by atoms with E-state index in [1.165, 1.54) is 0 Å². The van der Waals surface area contributed by atoms with E-state index in [2.05, 4.69) is 0 Å². The standard InChI is InChI=1S/C13H20N2O2/c1-3-11(8-13(14)15)17-9-10-4-6-12(16-2)7-5-10/h4-7,11H,3,8-9H2,1-2H3,(H3,14,15). The number of ether oxygens (including phenoxy) is 2. The molecule has 4 heteroatoms. The van der Waals surface area contributed by atoms with Crippen molar-refractivity contribution in [2.24, 2.45) is 5.73 Å². The van der Waals surface area contributed by atoms with Crippen molar-refractivity contribution in [3.05, 3.63) is 29.8 Å². The van der Waals surface area contributed by atoms with Crippen LogP contribution in [0.1, 0.15) is 25.3 Å². The van der Waals surface area contributed by atoms with Crippen molar-refractivity contribution in [1.82, 2.24) is 0 Å². The summed E-state index contributed by atoms with van der Waals surface area (Å²) < 4.78 is 10.8. The van der Waals surface area contributed by atoms with Gasteiger partial charge in [0.05, 0.1) is 25.7 Å². The zero-order chi connectivity index (χ0) is 12.7. The van der Waals surface area contributed by atoms with Crippen LogP contribution in [0.4, 0.5) is 0 Å². The van der Waals surface area contributed by atoms with Crippen LogP contribution < -0.4 is 10.5 Å². The van der Waals surface area contributed by atoms with Crippen LogP contribution in [0.25, 0.3) is 0 Å². The van der Waals surface area contributed by atoms with E-state index in [0.29, 0.717) is 13.0 Å². The molecule has 0 aliphatic heterocycles. The first-order valence-electron chi connectivity index (χ1n) is 5.73. The number of rotatable bonds is 7. The first-order chi connectivity index (χ1) is 8.15. The number of hydrogen-bond acceptors (Lipinski definition) is 3. The topological polar surface area (TPSA) is 68.3 Å². The van der Waals surface area contributed by atoms with E-state index < -0.39 is 0 Å². The monoisotopic (exact) mass is 236 g/mol. The van der Waals surface area contributed by atoms with Crippen LogP contribution in [0, 0.1) is 5.41 Å². The summed E-state index contributed by atoms with van der Waals surface area (Å²) in [5.74, 6) is 1.01. The smallest absolute Gasteiger partial charge is 0.118 e. The van der Waals surface area contributed by atoms with E-state index >= 15 is 0 Å². The van der Waals surface area contributed by atoms with Crippen molar-refractivity contribution in [3.63, 3.8) is 0 Å². The van der Waals surface area contributed by atoms with Crippen LogP contribution in [0.3, 0.4) is 0 Å². The minimum absolute atomic E-state index is 0.0228. The summed E-state index contributed by atoms with van der Waals surface area (Å²) in [7, 11) is 1.64. The van der Waals surface area contributed by atoms with Gasteiger partial charge in [0.1, 0.15) is 5.75 Å². The molecule has 0 spiro atoms. The van der Waals surface area contributed by atoms with Crippen LogP contribution in [0.2, 0.25) is 0 Å². The first kappa shape index (κ1) is 13.5. The molecular weight excluding hydrogens is 216 g/mol. The molecule has 1 aromatic carbocycles. The lowest BCUT2D eigenvalue weighted by Crippen LogP contribution is -2.21. The SMILES string of the molecule is CCC(CC(=N)N)OCc1ccc(OC)cc1. The largest absolute Gasteiger partial charge is 0.497 e.